The van der Waals surface area contributed by atoms with Gasteiger partial charge in [0.25, 0.3) is 0 Å². The molecule has 3 aromatic carbocycles. The third-order valence-corrected chi connectivity index (χ3v) is 7.23. The Morgan fingerprint density at radius 2 is 1.78 bits per heavy atom. The highest BCUT2D eigenvalue weighted by Gasteiger charge is 2.38. The zero-order valence-corrected chi connectivity index (χ0v) is 21.9. The molecule has 0 aliphatic carbocycles. The maximum atomic E-state index is 11.9. The second kappa shape index (κ2) is 13.2. The second-order valence-corrected chi connectivity index (χ2v) is 9.87. The lowest BCUT2D eigenvalue weighted by atomic mass is 9.89. The number of carboxylic acids is 1. The number of methoxy groups -OCH3 is 1. The van der Waals surface area contributed by atoms with Crippen LogP contribution in [0.1, 0.15) is 37.3 Å². The molecule has 0 aromatic heterocycles. The van der Waals surface area contributed by atoms with E-state index in [2.05, 4.69) is 10.1 Å². The zero-order chi connectivity index (χ0) is 26.0. The van der Waals surface area contributed by atoms with Gasteiger partial charge in [-0.2, -0.15) is 0 Å². The van der Waals surface area contributed by atoms with Crippen LogP contribution in [0.15, 0.2) is 82.6 Å². The number of nitrogens with one attached hydrogen (secondary N) is 1. The number of alkyl carbamates (subject to hydrolysis) is 1. The average Bonchev–Trinajstić information content (AvgIpc) is 2.88. The van der Waals surface area contributed by atoms with Crippen molar-refractivity contribution >= 4 is 35.4 Å². The topological polar surface area (TPSA) is 84.9 Å². The van der Waals surface area contributed by atoms with Crippen molar-refractivity contribution < 1.29 is 24.2 Å². The summed E-state index contributed by atoms with van der Waals surface area (Å²) in [6, 6.07) is 23.8. The third kappa shape index (κ3) is 7.67. The van der Waals surface area contributed by atoms with E-state index in [9.17, 15) is 14.7 Å². The molecular formula is C28H30ClNO5S. The van der Waals surface area contributed by atoms with Crippen molar-refractivity contribution in [1.82, 2.24) is 5.32 Å². The molecule has 0 bridgehead atoms. The number of carboxylic acid groups (broad SMARTS) is 1. The van der Waals surface area contributed by atoms with Crippen LogP contribution in [0.3, 0.4) is 0 Å². The van der Waals surface area contributed by atoms with Gasteiger partial charge in [-0.1, -0.05) is 72.8 Å². The predicted octanol–water partition coefficient (Wildman–Crippen LogP) is 6.98. The lowest BCUT2D eigenvalue weighted by Crippen LogP contribution is -2.54. The number of hydrogen-bond acceptors (Lipinski definition) is 5. The minimum absolute atomic E-state index is 0.245. The Labute approximate surface area is 221 Å². The Bertz CT molecular complexity index is 1170. The lowest BCUT2D eigenvalue weighted by Gasteiger charge is -2.28. The number of rotatable bonds is 12. The Morgan fingerprint density at radius 3 is 2.44 bits per heavy atom. The molecule has 0 saturated heterocycles. The summed E-state index contributed by atoms with van der Waals surface area (Å²) >= 11 is 8.14. The van der Waals surface area contributed by atoms with Gasteiger partial charge in [0.05, 0.1) is 7.11 Å². The van der Waals surface area contributed by atoms with Gasteiger partial charge in [0.15, 0.2) is 0 Å². The summed E-state index contributed by atoms with van der Waals surface area (Å²) in [4.78, 5) is 25.5. The molecule has 0 aliphatic heterocycles. The summed E-state index contributed by atoms with van der Waals surface area (Å²) in [7, 11) is 1.21. The minimum Gasteiger partial charge on any atom is -0.489 e. The number of aliphatic carboxylic acids is 1. The SMILES string of the molecule is CCC(CCCc1ccc(Sc2cccc(OCc3ccccc3)c2)cc1Cl)(NC(=O)OC)C(=O)O. The Hall–Kier alpha value is -3.16. The van der Waals surface area contributed by atoms with Crippen molar-refractivity contribution in [2.75, 3.05) is 7.11 Å². The summed E-state index contributed by atoms with van der Waals surface area (Å²) in [5, 5.41) is 12.8. The quantitative estimate of drug-likeness (QED) is 0.264. The van der Waals surface area contributed by atoms with Crippen molar-refractivity contribution in [2.24, 2.45) is 0 Å². The fraction of sp³-hybridized carbons (Fsp3) is 0.286. The first-order chi connectivity index (χ1) is 17.3. The molecule has 1 amide bonds. The highest BCUT2D eigenvalue weighted by molar-refractivity contribution is 7.99. The van der Waals surface area contributed by atoms with Gasteiger partial charge in [-0.15, -0.1) is 0 Å². The van der Waals surface area contributed by atoms with Gasteiger partial charge in [-0.25, -0.2) is 9.59 Å². The van der Waals surface area contributed by atoms with Crippen LogP contribution in [0.2, 0.25) is 5.02 Å². The number of halogens is 1. The first-order valence-electron chi connectivity index (χ1n) is 11.7. The number of carbonyl (C=O) groups is 2. The minimum atomic E-state index is -1.37. The van der Waals surface area contributed by atoms with E-state index in [4.69, 9.17) is 16.3 Å². The zero-order valence-electron chi connectivity index (χ0n) is 20.3. The third-order valence-electron chi connectivity index (χ3n) is 5.90. The predicted molar refractivity (Wildman–Crippen MR) is 142 cm³/mol. The molecule has 0 fully saturated rings. The van der Waals surface area contributed by atoms with Crippen molar-refractivity contribution in [1.29, 1.82) is 0 Å². The number of aryl methyl sites for hydroxylation is 1. The highest BCUT2D eigenvalue weighted by Crippen LogP contribution is 2.33. The van der Waals surface area contributed by atoms with Gasteiger partial charge in [-0.05, 0) is 67.1 Å². The summed E-state index contributed by atoms with van der Waals surface area (Å²) in [6.07, 6.45) is 0.876. The van der Waals surface area contributed by atoms with E-state index in [-0.39, 0.29) is 12.8 Å². The number of hydrogen-bond donors (Lipinski definition) is 2. The molecule has 6 nitrogen and oxygen atoms in total. The van der Waals surface area contributed by atoms with Crippen LogP contribution in [-0.4, -0.2) is 29.8 Å². The second-order valence-electron chi connectivity index (χ2n) is 8.32. The summed E-state index contributed by atoms with van der Waals surface area (Å²) in [5.74, 6) is -0.284. The van der Waals surface area contributed by atoms with Gasteiger partial charge in [-0.3, -0.25) is 0 Å². The van der Waals surface area contributed by atoms with Gasteiger partial charge in [0.1, 0.15) is 17.9 Å². The van der Waals surface area contributed by atoms with E-state index < -0.39 is 17.6 Å². The van der Waals surface area contributed by atoms with Crippen LogP contribution in [0.25, 0.3) is 0 Å². The molecule has 2 N–H and O–H groups in total. The molecule has 0 heterocycles. The molecule has 3 aromatic rings. The smallest absolute Gasteiger partial charge is 0.407 e. The molecule has 0 radical (unpaired) electrons. The Kier molecular flexibility index (Phi) is 10.1. The van der Waals surface area contributed by atoms with Crippen LogP contribution in [0.4, 0.5) is 4.79 Å². The van der Waals surface area contributed by atoms with Crippen molar-refractivity contribution in [3.63, 3.8) is 0 Å². The molecular weight excluding hydrogens is 498 g/mol. The largest absolute Gasteiger partial charge is 0.489 e. The fourth-order valence-electron chi connectivity index (χ4n) is 3.77. The number of amides is 1. The molecule has 0 aliphatic rings. The van der Waals surface area contributed by atoms with Gasteiger partial charge in [0.2, 0.25) is 0 Å². The van der Waals surface area contributed by atoms with Crippen LogP contribution in [0.5, 0.6) is 5.75 Å². The first-order valence-corrected chi connectivity index (χ1v) is 12.9. The summed E-state index contributed by atoms with van der Waals surface area (Å²) in [6.45, 7) is 2.23. The molecule has 1 atom stereocenters. The fourth-order valence-corrected chi connectivity index (χ4v) is 5.01. The molecule has 1 unspecified atom stereocenters. The average molecular weight is 528 g/mol. The lowest BCUT2D eigenvalue weighted by molar-refractivity contribution is -0.145. The van der Waals surface area contributed by atoms with Crippen LogP contribution in [0, 0.1) is 0 Å². The molecule has 3 rings (SSSR count). The molecule has 190 valence electrons. The van der Waals surface area contributed by atoms with Crippen LogP contribution in [-0.2, 0) is 22.6 Å². The maximum absolute atomic E-state index is 11.9. The molecule has 36 heavy (non-hydrogen) atoms. The Balaban J connectivity index is 1.59. The molecule has 8 heteroatoms. The first kappa shape index (κ1) is 27.4. The van der Waals surface area contributed by atoms with Crippen molar-refractivity contribution in [2.45, 2.75) is 54.5 Å². The van der Waals surface area contributed by atoms with Gasteiger partial charge >= 0.3 is 12.1 Å². The van der Waals surface area contributed by atoms with E-state index in [1.54, 1.807) is 18.7 Å². The van der Waals surface area contributed by atoms with E-state index in [0.717, 1.165) is 26.7 Å². The van der Waals surface area contributed by atoms with Gasteiger partial charge in [0, 0.05) is 14.8 Å². The Morgan fingerprint density at radius 1 is 1.03 bits per heavy atom. The van der Waals surface area contributed by atoms with Gasteiger partial charge < -0.3 is 19.9 Å². The number of benzene rings is 3. The number of ether oxygens (including phenoxy) is 2. The summed E-state index contributed by atoms with van der Waals surface area (Å²) in [5.41, 5.74) is 0.663. The van der Waals surface area contributed by atoms with Crippen molar-refractivity contribution in [3.8, 4) is 5.75 Å². The van der Waals surface area contributed by atoms with E-state index >= 15 is 0 Å². The van der Waals surface area contributed by atoms with Crippen LogP contribution >= 0.6 is 23.4 Å². The van der Waals surface area contributed by atoms with E-state index in [1.165, 1.54) is 7.11 Å². The maximum Gasteiger partial charge on any atom is 0.407 e. The molecule has 0 spiro atoms. The van der Waals surface area contributed by atoms with Crippen LogP contribution < -0.4 is 10.1 Å². The highest BCUT2D eigenvalue weighted by atomic mass is 35.5. The number of carbonyl (C=O) groups excluding carboxylic acids is 1. The monoisotopic (exact) mass is 527 g/mol. The van der Waals surface area contributed by atoms with Crippen molar-refractivity contribution in [3.05, 3.63) is 88.9 Å². The van der Waals surface area contributed by atoms with E-state index in [0.29, 0.717) is 24.5 Å². The normalized spacial score (nSPS) is 12.4. The molecule has 0 saturated carbocycles. The van der Waals surface area contributed by atoms with E-state index in [1.807, 2.05) is 72.8 Å². The summed E-state index contributed by atoms with van der Waals surface area (Å²) < 4.78 is 10.5. The standard InChI is InChI=1S/C28H30ClNO5S/c1-3-28(26(31)32,30-27(33)34-2)16-8-11-21-14-15-24(18-25(21)29)36-23-13-7-12-22(17-23)35-19-20-9-5-4-6-10-20/h4-7,9-10,12-15,17-18H,3,8,11,16,19H2,1-2H3,(H,30,33)(H,31,32).